The minimum absolute atomic E-state index is 0.0811. The Labute approximate surface area is 160 Å². The summed E-state index contributed by atoms with van der Waals surface area (Å²) in [5.74, 6) is 1.44. The van der Waals surface area contributed by atoms with Crippen molar-refractivity contribution in [3.05, 3.63) is 60.0 Å². The van der Waals surface area contributed by atoms with Crippen LogP contribution in [0.2, 0.25) is 0 Å². The number of carbonyl (C=O) groups excluding carboxylic acids is 1. The van der Waals surface area contributed by atoms with Gasteiger partial charge in [0.2, 0.25) is 0 Å². The molecule has 0 spiro atoms. The molecule has 27 heavy (non-hydrogen) atoms. The summed E-state index contributed by atoms with van der Waals surface area (Å²) in [6, 6.07) is 11.5. The Balaban J connectivity index is 1.32. The summed E-state index contributed by atoms with van der Waals surface area (Å²) in [5.41, 5.74) is 2.66. The molecule has 1 aromatic carbocycles. The molecule has 1 aliphatic rings. The van der Waals surface area contributed by atoms with Gasteiger partial charge in [0.05, 0.1) is 5.75 Å². The van der Waals surface area contributed by atoms with E-state index in [2.05, 4.69) is 10.1 Å². The Morgan fingerprint density at radius 1 is 1.26 bits per heavy atom. The fraction of sp³-hybridized carbons (Fsp3) is 0.250. The molecule has 0 N–H and O–H groups in total. The van der Waals surface area contributed by atoms with Crippen molar-refractivity contribution < 1.29 is 18.8 Å². The van der Waals surface area contributed by atoms with Gasteiger partial charge < -0.3 is 14.0 Å². The zero-order chi connectivity index (χ0) is 18.6. The van der Waals surface area contributed by atoms with E-state index in [-0.39, 0.29) is 24.4 Å². The third-order valence-electron chi connectivity index (χ3n) is 4.13. The van der Waals surface area contributed by atoms with Crippen LogP contribution in [0.5, 0.6) is 5.75 Å². The minimum Gasteiger partial charge on any atom is -0.490 e. The standard InChI is InChI=1S/C20H18N2O4S/c1-13-8-14-2-3-15(9-18(14)25-13)19-10-16(22-26-19)11-24-20(23)12-27-17-4-6-21-7-5-17/h2-7,9-10,13H,8,11-12H2,1H3. The Hall–Kier alpha value is -2.80. The number of carbonyl (C=O) groups is 1. The quantitative estimate of drug-likeness (QED) is 0.473. The average Bonchev–Trinajstić information content (AvgIpc) is 3.30. The number of pyridine rings is 1. The molecule has 6 nitrogen and oxygen atoms in total. The zero-order valence-electron chi connectivity index (χ0n) is 14.8. The highest BCUT2D eigenvalue weighted by atomic mass is 32.2. The molecule has 0 fully saturated rings. The summed E-state index contributed by atoms with van der Waals surface area (Å²) < 4.78 is 16.4. The van der Waals surface area contributed by atoms with E-state index in [0.29, 0.717) is 11.5 Å². The highest BCUT2D eigenvalue weighted by molar-refractivity contribution is 8.00. The van der Waals surface area contributed by atoms with Crippen LogP contribution in [0.4, 0.5) is 0 Å². The summed E-state index contributed by atoms with van der Waals surface area (Å²) in [6.45, 7) is 2.13. The second-order valence-electron chi connectivity index (χ2n) is 6.27. The van der Waals surface area contributed by atoms with Crippen LogP contribution in [0.25, 0.3) is 11.3 Å². The number of ether oxygens (including phenoxy) is 2. The molecule has 7 heteroatoms. The van der Waals surface area contributed by atoms with Gasteiger partial charge in [-0.1, -0.05) is 17.3 Å². The van der Waals surface area contributed by atoms with Crippen molar-refractivity contribution in [2.24, 2.45) is 0 Å². The predicted molar refractivity (Wildman–Crippen MR) is 100 cm³/mol. The van der Waals surface area contributed by atoms with E-state index in [4.69, 9.17) is 14.0 Å². The first-order chi connectivity index (χ1) is 13.2. The van der Waals surface area contributed by atoms with Crippen molar-refractivity contribution >= 4 is 17.7 Å². The third kappa shape index (κ3) is 4.31. The van der Waals surface area contributed by atoms with E-state index in [0.717, 1.165) is 22.6 Å². The van der Waals surface area contributed by atoms with Crippen molar-refractivity contribution in [2.45, 2.75) is 31.0 Å². The molecule has 1 aliphatic heterocycles. The summed E-state index contributed by atoms with van der Waals surface area (Å²) in [4.78, 5) is 16.8. The molecule has 0 saturated heterocycles. The second-order valence-corrected chi connectivity index (χ2v) is 7.32. The van der Waals surface area contributed by atoms with Crippen LogP contribution in [0.15, 0.2) is 58.2 Å². The normalized spacial score (nSPS) is 15.2. The molecule has 0 amide bonds. The van der Waals surface area contributed by atoms with Gasteiger partial charge in [-0.25, -0.2) is 0 Å². The summed E-state index contributed by atoms with van der Waals surface area (Å²) in [7, 11) is 0. The molecule has 3 heterocycles. The molecule has 3 aromatic rings. The van der Waals surface area contributed by atoms with E-state index < -0.39 is 0 Å². The SMILES string of the molecule is CC1Cc2ccc(-c3cc(COC(=O)CSc4ccncc4)no3)cc2O1. The van der Waals surface area contributed by atoms with Crippen molar-refractivity contribution in [2.75, 3.05) is 5.75 Å². The lowest BCUT2D eigenvalue weighted by molar-refractivity contribution is -0.141. The Morgan fingerprint density at radius 3 is 2.96 bits per heavy atom. The number of rotatable bonds is 6. The van der Waals surface area contributed by atoms with Crippen LogP contribution in [0.1, 0.15) is 18.2 Å². The lowest BCUT2D eigenvalue weighted by Crippen LogP contribution is -2.07. The van der Waals surface area contributed by atoms with Gasteiger partial charge in [-0.3, -0.25) is 9.78 Å². The summed E-state index contributed by atoms with van der Waals surface area (Å²) in [5, 5.41) is 3.98. The first kappa shape index (κ1) is 17.6. The molecule has 0 bridgehead atoms. The Kier molecular flexibility index (Phi) is 5.11. The molecular weight excluding hydrogens is 364 g/mol. The summed E-state index contributed by atoms with van der Waals surface area (Å²) in [6.07, 6.45) is 4.50. The van der Waals surface area contributed by atoms with E-state index in [1.54, 1.807) is 18.5 Å². The number of fused-ring (bicyclic) bond motifs is 1. The van der Waals surface area contributed by atoms with E-state index in [9.17, 15) is 4.79 Å². The van der Waals surface area contributed by atoms with Gasteiger partial charge in [-0.15, -0.1) is 11.8 Å². The monoisotopic (exact) mass is 382 g/mol. The zero-order valence-corrected chi connectivity index (χ0v) is 15.6. The Morgan fingerprint density at radius 2 is 2.11 bits per heavy atom. The molecule has 0 saturated carbocycles. The van der Waals surface area contributed by atoms with Gasteiger partial charge in [-0.2, -0.15) is 0 Å². The molecule has 0 aliphatic carbocycles. The van der Waals surface area contributed by atoms with Gasteiger partial charge in [-0.05, 0) is 30.7 Å². The van der Waals surface area contributed by atoms with E-state index in [1.807, 2.05) is 37.3 Å². The number of hydrogen-bond acceptors (Lipinski definition) is 7. The maximum absolute atomic E-state index is 11.9. The largest absolute Gasteiger partial charge is 0.490 e. The predicted octanol–water partition coefficient (Wildman–Crippen LogP) is 3.90. The third-order valence-corrected chi connectivity index (χ3v) is 5.12. The molecule has 0 radical (unpaired) electrons. The molecule has 138 valence electrons. The van der Waals surface area contributed by atoms with Gasteiger partial charge in [0.1, 0.15) is 24.2 Å². The van der Waals surface area contributed by atoms with E-state index in [1.165, 1.54) is 17.3 Å². The van der Waals surface area contributed by atoms with Crippen LogP contribution < -0.4 is 4.74 Å². The van der Waals surface area contributed by atoms with Crippen LogP contribution in [0.3, 0.4) is 0 Å². The van der Waals surface area contributed by atoms with Crippen molar-refractivity contribution in [1.29, 1.82) is 0 Å². The number of hydrogen-bond donors (Lipinski definition) is 0. The molecule has 1 unspecified atom stereocenters. The first-order valence-corrected chi connectivity index (χ1v) is 9.60. The van der Waals surface area contributed by atoms with Crippen LogP contribution in [-0.2, 0) is 22.6 Å². The number of benzene rings is 1. The highest BCUT2D eigenvalue weighted by Crippen LogP contribution is 2.33. The smallest absolute Gasteiger partial charge is 0.316 e. The minimum atomic E-state index is -0.304. The van der Waals surface area contributed by atoms with E-state index >= 15 is 0 Å². The fourth-order valence-corrected chi connectivity index (χ4v) is 3.52. The van der Waals surface area contributed by atoms with Crippen LogP contribution in [-0.4, -0.2) is 28.0 Å². The maximum atomic E-state index is 11.9. The number of aromatic nitrogens is 2. The number of nitrogens with zero attached hydrogens (tertiary/aromatic N) is 2. The van der Waals surface area contributed by atoms with Crippen LogP contribution in [0, 0.1) is 0 Å². The molecule has 2 aromatic heterocycles. The lowest BCUT2D eigenvalue weighted by Gasteiger charge is -2.03. The maximum Gasteiger partial charge on any atom is 0.316 e. The Bertz CT molecular complexity index is 942. The first-order valence-electron chi connectivity index (χ1n) is 8.61. The highest BCUT2D eigenvalue weighted by Gasteiger charge is 2.20. The van der Waals surface area contributed by atoms with Gasteiger partial charge in [0, 0.05) is 35.3 Å². The molecule has 4 rings (SSSR count). The number of thioether (sulfide) groups is 1. The van der Waals surface area contributed by atoms with Crippen LogP contribution >= 0.6 is 11.8 Å². The van der Waals surface area contributed by atoms with Crippen molar-refractivity contribution in [3.8, 4) is 17.1 Å². The van der Waals surface area contributed by atoms with Gasteiger partial charge in [0.25, 0.3) is 0 Å². The van der Waals surface area contributed by atoms with Crippen molar-refractivity contribution in [3.63, 3.8) is 0 Å². The lowest BCUT2D eigenvalue weighted by atomic mass is 10.1. The molecular formula is C20H18N2O4S. The number of esters is 1. The molecule has 1 atom stereocenters. The van der Waals surface area contributed by atoms with Gasteiger partial charge in [0.15, 0.2) is 5.76 Å². The topological polar surface area (TPSA) is 74.5 Å². The fourth-order valence-electron chi connectivity index (χ4n) is 2.84. The second kappa shape index (κ2) is 7.84. The van der Waals surface area contributed by atoms with Gasteiger partial charge >= 0.3 is 5.97 Å². The summed E-state index contributed by atoms with van der Waals surface area (Å²) >= 11 is 1.40. The van der Waals surface area contributed by atoms with Crippen molar-refractivity contribution in [1.82, 2.24) is 10.1 Å². The average molecular weight is 382 g/mol.